The minimum atomic E-state index is -2.57. The van der Waals surface area contributed by atoms with Gasteiger partial charge < -0.3 is 4.90 Å². The SMILES string of the molecule is CCc1cc2cc(-c3ccc(C(=S)N4CCC(F)(F)CC4)cn3)cc(C)c2s1. The largest absolute Gasteiger partial charge is 0.362 e. The second-order valence-corrected chi connectivity index (χ2v) is 8.88. The average molecular weight is 417 g/mol. The van der Waals surface area contributed by atoms with Crippen LogP contribution in [0.5, 0.6) is 0 Å². The fourth-order valence-electron chi connectivity index (χ4n) is 3.61. The number of fused-ring (bicyclic) bond motifs is 1. The molecule has 1 aliphatic heterocycles. The van der Waals surface area contributed by atoms with Gasteiger partial charge in [0, 0.05) is 52.8 Å². The number of rotatable bonds is 3. The molecule has 0 N–H and O–H groups in total. The van der Waals surface area contributed by atoms with Gasteiger partial charge in [-0.1, -0.05) is 19.1 Å². The van der Waals surface area contributed by atoms with Crippen LogP contribution in [0.2, 0.25) is 0 Å². The highest BCUT2D eigenvalue weighted by atomic mass is 32.1. The van der Waals surface area contributed by atoms with E-state index in [2.05, 4.69) is 37.0 Å². The number of halogens is 2. The topological polar surface area (TPSA) is 16.1 Å². The molecule has 146 valence electrons. The first kappa shape index (κ1) is 19.4. The van der Waals surface area contributed by atoms with Crippen LogP contribution in [0.3, 0.4) is 0 Å². The number of pyridine rings is 1. The van der Waals surface area contributed by atoms with Gasteiger partial charge in [-0.3, -0.25) is 4.98 Å². The molecule has 1 aromatic carbocycles. The summed E-state index contributed by atoms with van der Waals surface area (Å²) in [5, 5.41) is 1.26. The summed E-state index contributed by atoms with van der Waals surface area (Å²) in [4.78, 5) is 8.46. The summed E-state index contributed by atoms with van der Waals surface area (Å²) in [6.45, 7) is 4.90. The molecule has 3 aromatic rings. The van der Waals surface area contributed by atoms with Crippen LogP contribution in [0, 0.1) is 6.92 Å². The van der Waals surface area contributed by atoms with Gasteiger partial charge in [0.25, 0.3) is 5.92 Å². The third kappa shape index (κ3) is 3.80. The number of aryl methyl sites for hydroxylation is 2. The quantitative estimate of drug-likeness (QED) is 0.470. The second-order valence-electron chi connectivity index (χ2n) is 7.36. The van der Waals surface area contributed by atoms with E-state index in [9.17, 15) is 8.78 Å². The Labute approximate surface area is 173 Å². The van der Waals surface area contributed by atoms with Crippen LogP contribution < -0.4 is 0 Å². The number of piperidine rings is 1. The fourth-order valence-corrected chi connectivity index (χ4v) is 4.97. The Kier molecular flexibility index (Phi) is 5.19. The van der Waals surface area contributed by atoms with E-state index in [0.717, 1.165) is 23.2 Å². The highest BCUT2D eigenvalue weighted by Gasteiger charge is 2.34. The van der Waals surface area contributed by atoms with Crippen LogP contribution >= 0.6 is 23.6 Å². The van der Waals surface area contributed by atoms with E-state index >= 15 is 0 Å². The molecule has 0 saturated carbocycles. The zero-order chi connectivity index (χ0) is 19.9. The molecule has 0 unspecified atom stereocenters. The normalized spacial score (nSPS) is 16.5. The molecule has 28 heavy (non-hydrogen) atoms. The zero-order valence-electron chi connectivity index (χ0n) is 16.0. The Morgan fingerprint density at radius 3 is 2.61 bits per heavy atom. The molecule has 4 rings (SSSR count). The predicted molar refractivity (Wildman–Crippen MR) is 117 cm³/mol. The molecule has 2 aromatic heterocycles. The zero-order valence-corrected chi connectivity index (χ0v) is 17.6. The highest BCUT2D eigenvalue weighted by Crippen LogP contribution is 2.33. The van der Waals surface area contributed by atoms with Crippen LogP contribution in [0.1, 0.15) is 35.8 Å². The van der Waals surface area contributed by atoms with Crippen molar-refractivity contribution in [1.29, 1.82) is 0 Å². The van der Waals surface area contributed by atoms with Gasteiger partial charge in [-0.25, -0.2) is 8.78 Å². The molecule has 1 fully saturated rings. The van der Waals surface area contributed by atoms with Crippen LogP contribution in [-0.2, 0) is 6.42 Å². The predicted octanol–water partition coefficient (Wildman–Crippen LogP) is 6.24. The van der Waals surface area contributed by atoms with Gasteiger partial charge >= 0.3 is 0 Å². The molecule has 6 heteroatoms. The lowest BCUT2D eigenvalue weighted by Crippen LogP contribution is -2.42. The number of thiophene rings is 1. The number of benzene rings is 1. The van der Waals surface area contributed by atoms with E-state index in [1.54, 1.807) is 6.20 Å². The van der Waals surface area contributed by atoms with Crippen molar-refractivity contribution in [2.24, 2.45) is 0 Å². The summed E-state index contributed by atoms with van der Waals surface area (Å²) < 4.78 is 28.1. The summed E-state index contributed by atoms with van der Waals surface area (Å²) in [6.07, 6.45) is 2.52. The first-order valence-corrected chi connectivity index (χ1v) is 10.8. The number of thiocarbonyl (C=S) groups is 1. The Morgan fingerprint density at radius 1 is 1.21 bits per heavy atom. The monoisotopic (exact) mass is 416 g/mol. The molecular weight excluding hydrogens is 394 g/mol. The molecule has 0 spiro atoms. The van der Waals surface area contributed by atoms with E-state index in [1.165, 1.54) is 20.5 Å². The number of hydrogen-bond acceptors (Lipinski definition) is 3. The smallest absolute Gasteiger partial charge is 0.251 e. The first-order valence-electron chi connectivity index (χ1n) is 9.53. The number of likely N-dealkylation sites (tertiary alicyclic amines) is 1. The lowest BCUT2D eigenvalue weighted by molar-refractivity contribution is -0.0430. The maximum absolute atomic E-state index is 13.4. The third-order valence-electron chi connectivity index (χ3n) is 5.29. The van der Waals surface area contributed by atoms with Crippen molar-refractivity contribution in [3.63, 3.8) is 0 Å². The molecule has 3 heterocycles. The van der Waals surface area contributed by atoms with Crippen molar-refractivity contribution < 1.29 is 8.78 Å². The Bertz CT molecular complexity index is 1010. The standard InChI is InChI=1S/C22H22F2N2S2/c1-3-18-12-17-11-16(10-14(2)20(17)28-18)19-5-4-15(13-25-19)21(27)26-8-6-22(23,24)7-9-26/h4-5,10-13H,3,6-9H2,1-2H3. The van der Waals surface area contributed by atoms with Gasteiger partial charge in [0.05, 0.1) is 5.69 Å². The van der Waals surface area contributed by atoms with E-state index in [4.69, 9.17) is 12.2 Å². The minimum absolute atomic E-state index is 0.141. The summed E-state index contributed by atoms with van der Waals surface area (Å²) in [5.74, 6) is -2.57. The maximum Gasteiger partial charge on any atom is 0.251 e. The van der Waals surface area contributed by atoms with Crippen LogP contribution in [0.25, 0.3) is 21.3 Å². The number of alkyl halides is 2. The van der Waals surface area contributed by atoms with E-state index in [-0.39, 0.29) is 12.8 Å². The van der Waals surface area contributed by atoms with Crippen molar-refractivity contribution in [2.45, 2.75) is 39.0 Å². The van der Waals surface area contributed by atoms with Crippen molar-refractivity contribution in [2.75, 3.05) is 13.1 Å². The second kappa shape index (κ2) is 7.48. The maximum atomic E-state index is 13.4. The molecular formula is C22H22F2N2S2. The summed E-state index contributed by atoms with van der Waals surface area (Å²) in [6, 6.07) is 10.5. The summed E-state index contributed by atoms with van der Waals surface area (Å²) in [7, 11) is 0. The molecule has 0 radical (unpaired) electrons. The molecule has 0 atom stereocenters. The van der Waals surface area contributed by atoms with Crippen molar-refractivity contribution >= 4 is 38.6 Å². The van der Waals surface area contributed by atoms with E-state index in [0.29, 0.717) is 18.1 Å². The molecule has 2 nitrogen and oxygen atoms in total. The van der Waals surface area contributed by atoms with Crippen molar-refractivity contribution in [3.8, 4) is 11.3 Å². The van der Waals surface area contributed by atoms with Gasteiger partial charge in [-0.15, -0.1) is 11.3 Å². The lowest BCUT2D eigenvalue weighted by atomic mass is 10.0. The fraction of sp³-hybridized carbons (Fsp3) is 0.364. The number of aromatic nitrogens is 1. The van der Waals surface area contributed by atoms with Gasteiger partial charge in [0.1, 0.15) is 4.99 Å². The lowest BCUT2D eigenvalue weighted by Gasteiger charge is -2.33. The van der Waals surface area contributed by atoms with Crippen LogP contribution in [-0.4, -0.2) is 33.9 Å². The molecule has 0 amide bonds. The molecule has 1 saturated heterocycles. The molecule has 0 aliphatic carbocycles. The van der Waals surface area contributed by atoms with Gasteiger partial charge in [0.2, 0.25) is 0 Å². The van der Waals surface area contributed by atoms with Gasteiger partial charge in [0.15, 0.2) is 0 Å². The first-order chi connectivity index (χ1) is 13.4. The number of hydrogen-bond donors (Lipinski definition) is 0. The van der Waals surface area contributed by atoms with Crippen molar-refractivity contribution in [3.05, 3.63) is 52.5 Å². The van der Waals surface area contributed by atoms with Crippen molar-refractivity contribution in [1.82, 2.24) is 9.88 Å². The third-order valence-corrected chi connectivity index (χ3v) is 7.21. The Morgan fingerprint density at radius 2 is 1.96 bits per heavy atom. The minimum Gasteiger partial charge on any atom is -0.362 e. The summed E-state index contributed by atoms with van der Waals surface area (Å²) in [5.41, 5.74) is 4.05. The highest BCUT2D eigenvalue weighted by molar-refractivity contribution is 7.80. The van der Waals surface area contributed by atoms with Gasteiger partial charge in [-0.05, 0) is 54.6 Å². The van der Waals surface area contributed by atoms with Crippen LogP contribution in [0.4, 0.5) is 8.78 Å². The summed E-state index contributed by atoms with van der Waals surface area (Å²) >= 11 is 7.37. The van der Waals surface area contributed by atoms with E-state index < -0.39 is 5.92 Å². The van der Waals surface area contributed by atoms with Gasteiger partial charge in [-0.2, -0.15) is 0 Å². The van der Waals surface area contributed by atoms with Crippen LogP contribution in [0.15, 0.2) is 36.5 Å². The molecule has 0 bridgehead atoms. The van der Waals surface area contributed by atoms with E-state index in [1.807, 2.05) is 28.4 Å². The Hall–Kier alpha value is -1.92. The Balaban J connectivity index is 1.56. The average Bonchev–Trinajstić information content (AvgIpc) is 3.11. The molecule has 1 aliphatic rings. The number of nitrogens with zero attached hydrogens (tertiary/aromatic N) is 2.